The number of ether oxygens (including phenoxy) is 2. The first-order chi connectivity index (χ1) is 9.10. The van der Waals surface area contributed by atoms with Gasteiger partial charge in [0.05, 0.1) is 18.9 Å². The Morgan fingerprint density at radius 2 is 2.32 bits per heavy atom. The Kier molecular flexibility index (Phi) is 4.27. The highest BCUT2D eigenvalue weighted by atomic mass is 16.5. The molecule has 1 aliphatic heterocycles. The molecule has 1 fully saturated rings. The van der Waals surface area contributed by atoms with Crippen molar-refractivity contribution in [3.05, 3.63) is 23.8 Å². The molecule has 2 atom stereocenters. The van der Waals surface area contributed by atoms with Crippen LogP contribution in [0, 0.1) is 0 Å². The van der Waals surface area contributed by atoms with E-state index in [1.54, 1.807) is 19.2 Å². The molecular formula is C14H20N2O3. The first kappa shape index (κ1) is 13.7. The number of rotatable bonds is 4. The first-order valence-corrected chi connectivity index (χ1v) is 6.45. The summed E-state index contributed by atoms with van der Waals surface area (Å²) in [6, 6.07) is 5.48. The number of carbonyl (C=O) groups is 1. The van der Waals surface area contributed by atoms with Crippen LogP contribution in [0.15, 0.2) is 18.2 Å². The summed E-state index contributed by atoms with van der Waals surface area (Å²) in [5, 5.41) is 2.87. The van der Waals surface area contributed by atoms with Gasteiger partial charge in [0.15, 0.2) is 0 Å². The van der Waals surface area contributed by atoms with Crippen molar-refractivity contribution in [1.29, 1.82) is 0 Å². The molecule has 1 aliphatic rings. The number of nitrogens with one attached hydrogen (secondary N) is 1. The average molecular weight is 264 g/mol. The molecule has 1 aromatic carbocycles. The third-order valence-corrected chi connectivity index (χ3v) is 3.29. The lowest BCUT2D eigenvalue weighted by molar-refractivity contribution is -0.131. The maximum atomic E-state index is 11.9. The van der Waals surface area contributed by atoms with Crippen molar-refractivity contribution in [2.45, 2.75) is 38.5 Å². The van der Waals surface area contributed by atoms with Crippen LogP contribution in [-0.2, 0) is 16.1 Å². The zero-order chi connectivity index (χ0) is 13.8. The molecule has 104 valence electrons. The summed E-state index contributed by atoms with van der Waals surface area (Å²) in [5.41, 5.74) is 7.33. The summed E-state index contributed by atoms with van der Waals surface area (Å²) < 4.78 is 10.6. The molecule has 2 unspecified atom stereocenters. The van der Waals surface area contributed by atoms with Crippen molar-refractivity contribution in [2.24, 2.45) is 0 Å². The van der Waals surface area contributed by atoms with Crippen LogP contribution in [-0.4, -0.2) is 25.2 Å². The van der Waals surface area contributed by atoms with E-state index in [4.69, 9.17) is 15.2 Å². The van der Waals surface area contributed by atoms with Crippen molar-refractivity contribution in [1.82, 2.24) is 5.32 Å². The van der Waals surface area contributed by atoms with Gasteiger partial charge in [-0.3, -0.25) is 4.79 Å². The summed E-state index contributed by atoms with van der Waals surface area (Å²) in [5.74, 6) is 0.585. The van der Waals surface area contributed by atoms with Gasteiger partial charge in [0.2, 0.25) is 5.91 Å². The van der Waals surface area contributed by atoms with E-state index in [0.29, 0.717) is 18.0 Å². The van der Waals surface area contributed by atoms with Gasteiger partial charge >= 0.3 is 0 Å². The highest BCUT2D eigenvalue weighted by molar-refractivity contribution is 5.81. The molecule has 5 heteroatoms. The van der Waals surface area contributed by atoms with Gasteiger partial charge < -0.3 is 20.5 Å². The molecule has 0 spiro atoms. The Morgan fingerprint density at radius 1 is 1.53 bits per heavy atom. The lowest BCUT2D eigenvalue weighted by atomic mass is 10.1. The number of anilines is 1. The van der Waals surface area contributed by atoms with Gasteiger partial charge in [-0.2, -0.15) is 0 Å². The predicted molar refractivity (Wildman–Crippen MR) is 72.8 cm³/mol. The van der Waals surface area contributed by atoms with Crippen LogP contribution in [0.1, 0.15) is 25.3 Å². The Morgan fingerprint density at radius 3 is 2.89 bits per heavy atom. The van der Waals surface area contributed by atoms with E-state index < -0.39 is 0 Å². The molecule has 19 heavy (non-hydrogen) atoms. The second-order valence-electron chi connectivity index (χ2n) is 4.81. The second-order valence-corrected chi connectivity index (χ2v) is 4.81. The molecular weight excluding hydrogens is 244 g/mol. The summed E-state index contributed by atoms with van der Waals surface area (Å²) >= 11 is 0. The number of amides is 1. The minimum absolute atomic E-state index is 0.0567. The number of methoxy groups -OCH3 is 1. The molecule has 5 nitrogen and oxygen atoms in total. The van der Waals surface area contributed by atoms with Crippen molar-refractivity contribution in [2.75, 3.05) is 12.8 Å². The molecule has 0 bridgehead atoms. The fraction of sp³-hybridized carbons (Fsp3) is 0.500. The van der Waals surface area contributed by atoms with E-state index in [2.05, 4.69) is 5.32 Å². The average Bonchev–Trinajstić information content (AvgIpc) is 2.83. The summed E-state index contributed by atoms with van der Waals surface area (Å²) in [4.78, 5) is 11.9. The normalized spacial score (nSPS) is 22.2. The molecule has 0 aliphatic carbocycles. The number of hydrogen-bond donors (Lipinski definition) is 2. The largest absolute Gasteiger partial charge is 0.495 e. The maximum absolute atomic E-state index is 11.9. The van der Waals surface area contributed by atoms with Crippen LogP contribution in [0.5, 0.6) is 5.75 Å². The van der Waals surface area contributed by atoms with Crippen molar-refractivity contribution in [3.8, 4) is 5.75 Å². The van der Waals surface area contributed by atoms with Crippen LogP contribution in [0.25, 0.3) is 0 Å². The number of nitrogens with two attached hydrogens (primary N) is 1. The predicted octanol–water partition coefficient (Wildman–Crippen LogP) is 1.46. The monoisotopic (exact) mass is 264 g/mol. The zero-order valence-electron chi connectivity index (χ0n) is 11.3. The minimum Gasteiger partial charge on any atom is -0.495 e. The van der Waals surface area contributed by atoms with E-state index in [1.807, 2.05) is 13.0 Å². The highest BCUT2D eigenvalue weighted by Gasteiger charge is 2.27. The molecule has 0 saturated carbocycles. The van der Waals surface area contributed by atoms with Gasteiger partial charge in [-0.25, -0.2) is 0 Å². The van der Waals surface area contributed by atoms with E-state index >= 15 is 0 Å². The quantitative estimate of drug-likeness (QED) is 0.807. The van der Waals surface area contributed by atoms with Crippen molar-refractivity contribution in [3.63, 3.8) is 0 Å². The Labute approximate surface area is 113 Å². The second kappa shape index (κ2) is 5.93. The fourth-order valence-electron chi connectivity index (χ4n) is 2.19. The van der Waals surface area contributed by atoms with Gasteiger partial charge in [-0.05, 0) is 37.5 Å². The van der Waals surface area contributed by atoms with Crippen molar-refractivity contribution >= 4 is 11.6 Å². The van der Waals surface area contributed by atoms with Crippen LogP contribution < -0.4 is 15.8 Å². The highest BCUT2D eigenvalue weighted by Crippen LogP contribution is 2.22. The van der Waals surface area contributed by atoms with E-state index in [-0.39, 0.29) is 18.1 Å². The number of benzene rings is 1. The molecule has 1 amide bonds. The smallest absolute Gasteiger partial charge is 0.249 e. The van der Waals surface area contributed by atoms with Crippen molar-refractivity contribution < 1.29 is 14.3 Å². The van der Waals surface area contributed by atoms with Gasteiger partial charge in [-0.15, -0.1) is 0 Å². The Hall–Kier alpha value is -1.75. The summed E-state index contributed by atoms with van der Waals surface area (Å²) in [7, 11) is 1.58. The minimum atomic E-state index is -0.314. The number of nitrogen functional groups attached to an aromatic ring is 1. The molecule has 1 saturated heterocycles. The van der Waals surface area contributed by atoms with E-state index in [1.165, 1.54) is 0 Å². The molecule has 1 aromatic rings. The van der Waals surface area contributed by atoms with Crippen LogP contribution in [0.3, 0.4) is 0 Å². The Balaban J connectivity index is 1.88. The standard InChI is InChI=1S/C14H20N2O3/c1-9-3-5-13(19-9)14(17)16-8-10-4-6-12(18-2)11(15)7-10/h4,6-7,9,13H,3,5,8,15H2,1-2H3,(H,16,17). The maximum Gasteiger partial charge on any atom is 0.249 e. The fourth-order valence-corrected chi connectivity index (χ4v) is 2.19. The Bertz CT molecular complexity index is 462. The van der Waals surface area contributed by atoms with Crippen LogP contribution >= 0.6 is 0 Å². The molecule has 0 aromatic heterocycles. The third-order valence-electron chi connectivity index (χ3n) is 3.29. The van der Waals surface area contributed by atoms with Crippen LogP contribution in [0.2, 0.25) is 0 Å². The van der Waals surface area contributed by atoms with E-state index in [9.17, 15) is 4.79 Å². The van der Waals surface area contributed by atoms with Gasteiger partial charge in [0, 0.05) is 6.54 Å². The van der Waals surface area contributed by atoms with Gasteiger partial charge in [-0.1, -0.05) is 6.07 Å². The molecule has 1 heterocycles. The molecule has 2 rings (SSSR count). The summed E-state index contributed by atoms with van der Waals surface area (Å²) in [6.45, 7) is 2.43. The number of carbonyl (C=O) groups excluding carboxylic acids is 1. The van der Waals surface area contributed by atoms with E-state index in [0.717, 1.165) is 18.4 Å². The molecule has 3 N–H and O–H groups in total. The number of hydrogen-bond acceptors (Lipinski definition) is 4. The first-order valence-electron chi connectivity index (χ1n) is 6.45. The lowest BCUT2D eigenvalue weighted by Gasteiger charge is -2.12. The SMILES string of the molecule is COc1ccc(CNC(=O)C2CCC(C)O2)cc1N. The van der Waals surface area contributed by atoms with Gasteiger partial charge in [0.25, 0.3) is 0 Å². The van der Waals surface area contributed by atoms with Crippen LogP contribution in [0.4, 0.5) is 5.69 Å². The zero-order valence-corrected chi connectivity index (χ0v) is 11.3. The summed E-state index contributed by atoms with van der Waals surface area (Å²) in [6.07, 6.45) is 1.59. The van der Waals surface area contributed by atoms with Gasteiger partial charge in [0.1, 0.15) is 11.9 Å². The molecule has 0 radical (unpaired) electrons. The lowest BCUT2D eigenvalue weighted by Crippen LogP contribution is -2.34. The third kappa shape index (κ3) is 3.38. The topological polar surface area (TPSA) is 73.6 Å².